The van der Waals surface area contributed by atoms with Gasteiger partial charge in [-0.2, -0.15) is 11.8 Å². The van der Waals surface area contributed by atoms with Crippen LogP contribution in [-0.4, -0.2) is 47.6 Å². The van der Waals surface area contributed by atoms with Crippen LogP contribution in [0.15, 0.2) is 18.2 Å². The smallest absolute Gasteiger partial charge is 0.227 e. The van der Waals surface area contributed by atoms with Crippen LogP contribution in [-0.2, 0) is 9.59 Å². The Morgan fingerprint density at radius 1 is 1.40 bits per heavy atom. The highest BCUT2D eigenvalue weighted by Crippen LogP contribution is 2.27. The lowest BCUT2D eigenvalue weighted by atomic mass is 10.0. The van der Waals surface area contributed by atoms with Crippen molar-refractivity contribution in [2.24, 2.45) is 5.92 Å². The van der Waals surface area contributed by atoms with Gasteiger partial charge in [0.25, 0.3) is 0 Å². The number of benzene rings is 1. The van der Waals surface area contributed by atoms with Gasteiger partial charge in [-0.05, 0) is 62.5 Å². The molecule has 1 aliphatic heterocycles. The summed E-state index contributed by atoms with van der Waals surface area (Å²) in [6.45, 7) is 6.37. The van der Waals surface area contributed by atoms with Gasteiger partial charge < -0.3 is 15.3 Å². The number of carbonyl (C=O) groups excluding carboxylic acids is 2. The van der Waals surface area contributed by atoms with Crippen molar-refractivity contribution in [3.05, 3.63) is 29.3 Å². The first-order valence-corrected chi connectivity index (χ1v) is 9.99. The number of nitrogens with zero attached hydrogens (tertiary/aromatic N) is 1. The normalized spacial score (nSPS) is 19.8. The van der Waals surface area contributed by atoms with Gasteiger partial charge in [0.05, 0.1) is 11.5 Å². The standard InChI is InChI=1S/C19H28N2O3S/c1-13-5-6-16(9-14(13)2)21-11-15(10-17(21)22)18(23)20-12-19(3,24)7-8-25-4/h5-6,9,15,24H,7-8,10-12H2,1-4H3,(H,20,23). The van der Waals surface area contributed by atoms with E-state index in [4.69, 9.17) is 0 Å². The summed E-state index contributed by atoms with van der Waals surface area (Å²) in [5.74, 6) is 0.276. The zero-order chi connectivity index (χ0) is 18.6. The Morgan fingerprint density at radius 2 is 2.12 bits per heavy atom. The molecule has 0 bridgehead atoms. The van der Waals surface area contributed by atoms with Crippen molar-refractivity contribution < 1.29 is 14.7 Å². The van der Waals surface area contributed by atoms with E-state index in [1.165, 1.54) is 5.56 Å². The Kier molecular flexibility index (Phi) is 6.52. The maximum absolute atomic E-state index is 12.4. The minimum Gasteiger partial charge on any atom is -0.388 e. The van der Waals surface area contributed by atoms with E-state index in [-0.39, 0.29) is 30.7 Å². The molecule has 0 saturated carbocycles. The summed E-state index contributed by atoms with van der Waals surface area (Å²) in [5.41, 5.74) is 2.23. The predicted octanol–water partition coefficient (Wildman–Crippen LogP) is 2.28. The monoisotopic (exact) mass is 364 g/mol. The maximum Gasteiger partial charge on any atom is 0.227 e. The fourth-order valence-corrected chi connectivity index (χ4v) is 3.50. The highest BCUT2D eigenvalue weighted by molar-refractivity contribution is 7.98. The van der Waals surface area contributed by atoms with Crippen molar-refractivity contribution in [1.29, 1.82) is 0 Å². The highest BCUT2D eigenvalue weighted by atomic mass is 32.2. The fraction of sp³-hybridized carbons (Fsp3) is 0.579. The first kappa shape index (κ1) is 19.8. The molecule has 0 aliphatic carbocycles. The van der Waals surface area contributed by atoms with Gasteiger partial charge >= 0.3 is 0 Å². The van der Waals surface area contributed by atoms with Gasteiger partial charge in [-0.3, -0.25) is 9.59 Å². The minimum absolute atomic E-state index is 0.0300. The summed E-state index contributed by atoms with van der Waals surface area (Å²) in [7, 11) is 0. The number of nitrogens with one attached hydrogen (secondary N) is 1. The fourth-order valence-electron chi connectivity index (χ4n) is 2.86. The van der Waals surface area contributed by atoms with Crippen LogP contribution in [0.3, 0.4) is 0 Å². The van der Waals surface area contributed by atoms with Gasteiger partial charge in [0.1, 0.15) is 0 Å². The average Bonchev–Trinajstić information content (AvgIpc) is 2.95. The number of carbonyl (C=O) groups is 2. The first-order chi connectivity index (χ1) is 11.7. The van der Waals surface area contributed by atoms with Crippen molar-refractivity contribution in [3.63, 3.8) is 0 Å². The molecule has 0 radical (unpaired) electrons. The molecule has 1 aromatic carbocycles. The second-order valence-corrected chi connectivity index (χ2v) is 8.12. The third kappa shape index (κ3) is 5.22. The molecule has 1 aliphatic rings. The molecule has 0 spiro atoms. The van der Waals surface area contributed by atoms with E-state index in [0.717, 1.165) is 17.0 Å². The molecule has 6 heteroatoms. The molecule has 1 heterocycles. The van der Waals surface area contributed by atoms with Crippen LogP contribution in [0.4, 0.5) is 5.69 Å². The Bertz CT molecular complexity index is 646. The first-order valence-electron chi connectivity index (χ1n) is 8.60. The molecule has 1 aromatic rings. The van der Waals surface area contributed by atoms with E-state index in [9.17, 15) is 14.7 Å². The van der Waals surface area contributed by atoms with E-state index in [1.807, 2.05) is 38.3 Å². The van der Waals surface area contributed by atoms with Crippen molar-refractivity contribution >= 4 is 29.3 Å². The van der Waals surface area contributed by atoms with Crippen LogP contribution in [0.25, 0.3) is 0 Å². The summed E-state index contributed by atoms with van der Waals surface area (Å²) in [5, 5.41) is 13.1. The summed E-state index contributed by atoms with van der Waals surface area (Å²) < 4.78 is 0. The quantitative estimate of drug-likeness (QED) is 0.779. The number of hydrogen-bond donors (Lipinski definition) is 2. The molecule has 1 saturated heterocycles. The second-order valence-electron chi connectivity index (χ2n) is 7.13. The number of aliphatic hydroxyl groups is 1. The van der Waals surface area contributed by atoms with Crippen LogP contribution < -0.4 is 10.2 Å². The van der Waals surface area contributed by atoms with Gasteiger partial charge in [0.15, 0.2) is 0 Å². The lowest BCUT2D eigenvalue weighted by Gasteiger charge is -2.24. The van der Waals surface area contributed by atoms with Crippen LogP contribution >= 0.6 is 11.8 Å². The van der Waals surface area contributed by atoms with Gasteiger partial charge in [0, 0.05) is 25.2 Å². The lowest BCUT2D eigenvalue weighted by molar-refractivity contribution is -0.127. The summed E-state index contributed by atoms with van der Waals surface area (Å²) in [4.78, 5) is 26.4. The zero-order valence-corrected chi connectivity index (χ0v) is 16.3. The van der Waals surface area contributed by atoms with Gasteiger partial charge in [-0.15, -0.1) is 0 Å². The highest BCUT2D eigenvalue weighted by Gasteiger charge is 2.35. The van der Waals surface area contributed by atoms with Gasteiger partial charge in [-0.1, -0.05) is 6.07 Å². The van der Waals surface area contributed by atoms with E-state index in [0.29, 0.717) is 13.0 Å². The summed E-state index contributed by atoms with van der Waals surface area (Å²) in [6.07, 6.45) is 2.82. The zero-order valence-electron chi connectivity index (χ0n) is 15.5. The molecule has 0 aromatic heterocycles. The number of amides is 2. The Morgan fingerprint density at radius 3 is 2.76 bits per heavy atom. The molecule has 5 nitrogen and oxygen atoms in total. The van der Waals surface area contributed by atoms with Gasteiger partial charge in [-0.25, -0.2) is 0 Å². The number of anilines is 1. The second kappa shape index (κ2) is 8.23. The Balaban J connectivity index is 1.95. The number of hydrogen-bond acceptors (Lipinski definition) is 4. The van der Waals surface area contributed by atoms with Crippen LogP contribution in [0.2, 0.25) is 0 Å². The average molecular weight is 365 g/mol. The summed E-state index contributed by atoms with van der Waals surface area (Å²) >= 11 is 1.66. The van der Waals surface area contributed by atoms with Crippen molar-refractivity contribution in [3.8, 4) is 0 Å². The van der Waals surface area contributed by atoms with E-state index in [1.54, 1.807) is 23.6 Å². The van der Waals surface area contributed by atoms with Gasteiger partial charge in [0.2, 0.25) is 11.8 Å². The molecule has 2 rings (SSSR count). The number of rotatable bonds is 7. The molecule has 2 unspecified atom stereocenters. The molecule has 2 N–H and O–H groups in total. The van der Waals surface area contributed by atoms with Crippen molar-refractivity contribution in [2.45, 2.75) is 39.2 Å². The SMILES string of the molecule is CSCCC(C)(O)CNC(=O)C1CC(=O)N(c2ccc(C)c(C)c2)C1. The Hall–Kier alpha value is -1.53. The Labute approximate surface area is 154 Å². The van der Waals surface area contributed by atoms with E-state index in [2.05, 4.69) is 5.32 Å². The molecular weight excluding hydrogens is 336 g/mol. The lowest BCUT2D eigenvalue weighted by Crippen LogP contribution is -2.43. The summed E-state index contributed by atoms with van der Waals surface area (Å²) in [6, 6.07) is 5.91. The third-order valence-corrected chi connectivity index (χ3v) is 5.40. The van der Waals surface area contributed by atoms with Crippen LogP contribution in [0.1, 0.15) is 30.9 Å². The molecule has 2 atom stereocenters. The number of aryl methyl sites for hydroxylation is 2. The molecular formula is C19H28N2O3S. The van der Waals surface area contributed by atoms with Crippen molar-refractivity contribution in [2.75, 3.05) is 30.0 Å². The minimum atomic E-state index is -0.922. The number of thioether (sulfide) groups is 1. The predicted molar refractivity (Wildman–Crippen MR) is 103 cm³/mol. The molecule has 1 fully saturated rings. The van der Waals surface area contributed by atoms with E-state index < -0.39 is 5.60 Å². The van der Waals surface area contributed by atoms with E-state index >= 15 is 0 Å². The van der Waals surface area contributed by atoms with Crippen LogP contribution in [0.5, 0.6) is 0 Å². The van der Waals surface area contributed by atoms with Crippen LogP contribution in [0, 0.1) is 19.8 Å². The topological polar surface area (TPSA) is 69.6 Å². The maximum atomic E-state index is 12.4. The third-order valence-electron chi connectivity index (χ3n) is 4.79. The largest absolute Gasteiger partial charge is 0.388 e. The molecule has 25 heavy (non-hydrogen) atoms. The molecule has 2 amide bonds. The van der Waals surface area contributed by atoms with Crippen molar-refractivity contribution in [1.82, 2.24) is 5.32 Å². The molecule has 138 valence electrons.